The Kier molecular flexibility index (Phi) is 5.32. The molecule has 0 amide bonds. The highest BCUT2D eigenvalue weighted by Gasteiger charge is 2.23. The molecule has 1 aromatic rings. The SMILES string of the molecule is CN1CCCC(CNS(=O)(=O)c2cc(F)ccc2CO)C1. The molecule has 1 fully saturated rings. The van der Waals surface area contributed by atoms with Gasteiger partial charge in [-0.25, -0.2) is 17.5 Å². The van der Waals surface area contributed by atoms with Gasteiger partial charge in [-0.2, -0.15) is 0 Å². The maximum absolute atomic E-state index is 13.3. The Morgan fingerprint density at radius 3 is 2.90 bits per heavy atom. The highest BCUT2D eigenvalue weighted by Crippen LogP contribution is 2.19. The van der Waals surface area contributed by atoms with Crippen molar-refractivity contribution in [2.24, 2.45) is 5.92 Å². The van der Waals surface area contributed by atoms with Gasteiger partial charge in [-0.05, 0) is 50.0 Å². The van der Waals surface area contributed by atoms with Crippen LogP contribution in [-0.2, 0) is 16.6 Å². The predicted octanol–water partition coefficient (Wildman–Crippen LogP) is 0.938. The number of piperidine rings is 1. The molecule has 7 heteroatoms. The van der Waals surface area contributed by atoms with Gasteiger partial charge in [-0.3, -0.25) is 0 Å². The Hall–Kier alpha value is -1.02. The van der Waals surface area contributed by atoms with E-state index in [0.717, 1.165) is 38.1 Å². The van der Waals surface area contributed by atoms with E-state index in [-0.39, 0.29) is 16.4 Å². The number of nitrogens with zero attached hydrogens (tertiary/aromatic N) is 1. The van der Waals surface area contributed by atoms with Crippen LogP contribution in [0, 0.1) is 11.7 Å². The number of rotatable bonds is 5. The Morgan fingerprint density at radius 2 is 2.24 bits per heavy atom. The van der Waals surface area contributed by atoms with Crippen LogP contribution in [0.1, 0.15) is 18.4 Å². The molecule has 2 rings (SSSR count). The smallest absolute Gasteiger partial charge is 0.241 e. The third kappa shape index (κ3) is 4.23. The van der Waals surface area contributed by atoms with E-state index in [4.69, 9.17) is 0 Å². The quantitative estimate of drug-likeness (QED) is 0.848. The van der Waals surface area contributed by atoms with Crippen molar-refractivity contribution in [1.29, 1.82) is 0 Å². The first-order chi connectivity index (χ1) is 9.92. The minimum Gasteiger partial charge on any atom is -0.392 e. The average molecular weight is 316 g/mol. The molecule has 0 bridgehead atoms. The second-order valence-corrected chi connectivity index (χ2v) is 7.27. The van der Waals surface area contributed by atoms with Crippen molar-refractivity contribution < 1.29 is 17.9 Å². The first kappa shape index (κ1) is 16.4. The standard InChI is InChI=1S/C14H21FN2O3S/c1-17-6-2-3-11(9-17)8-16-21(19,20)14-7-13(15)5-4-12(14)10-18/h4-5,7,11,16,18H,2-3,6,8-10H2,1H3. The van der Waals surface area contributed by atoms with Crippen LogP contribution in [0.4, 0.5) is 4.39 Å². The molecular weight excluding hydrogens is 295 g/mol. The van der Waals surface area contributed by atoms with Crippen molar-refractivity contribution in [1.82, 2.24) is 9.62 Å². The van der Waals surface area contributed by atoms with Crippen LogP contribution in [0.3, 0.4) is 0 Å². The monoisotopic (exact) mass is 316 g/mol. The summed E-state index contributed by atoms with van der Waals surface area (Å²) in [6.45, 7) is 1.76. The van der Waals surface area contributed by atoms with E-state index in [9.17, 15) is 17.9 Å². The van der Waals surface area contributed by atoms with E-state index in [1.807, 2.05) is 7.05 Å². The van der Waals surface area contributed by atoms with Gasteiger partial charge >= 0.3 is 0 Å². The van der Waals surface area contributed by atoms with Crippen molar-refractivity contribution in [3.05, 3.63) is 29.6 Å². The minimum absolute atomic E-state index is 0.186. The fourth-order valence-electron chi connectivity index (χ4n) is 2.65. The van der Waals surface area contributed by atoms with Gasteiger partial charge in [-0.1, -0.05) is 6.07 Å². The molecule has 0 aromatic heterocycles. The molecule has 0 aliphatic carbocycles. The van der Waals surface area contributed by atoms with Gasteiger partial charge in [0, 0.05) is 13.1 Å². The molecule has 21 heavy (non-hydrogen) atoms. The van der Waals surface area contributed by atoms with Crippen LogP contribution in [0.2, 0.25) is 0 Å². The van der Waals surface area contributed by atoms with Crippen LogP contribution in [0.25, 0.3) is 0 Å². The van der Waals surface area contributed by atoms with Gasteiger partial charge in [0.05, 0.1) is 11.5 Å². The number of hydrogen-bond acceptors (Lipinski definition) is 4. The lowest BCUT2D eigenvalue weighted by Crippen LogP contribution is -2.39. The first-order valence-electron chi connectivity index (χ1n) is 7.00. The number of halogens is 1. The molecule has 1 atom stereocenters. The molecule has 1 heterocycles. The zero-order valence-corrected chi connectivity index (χ0v) is 12.9. The van der Waals surface area contributed by atoms with Gasteiger partial charge in [0.2, 0.25) is 10.0 Å². The van der Waals surface area contributed by atoms with Crippen molar-refractivity contribution in [3.63, 3.8) is 0 Å². The fourth-order valence-corrected chi connectivity index (χ4v) is 4.01. The lowest BCUT2D eigenvalue weighted by atomic mass is 9.99. The summed E-state index contributed by atoms with van der Waals surface area (Å²) in [7, 11) is -1.80. The van der Waals surface area contributed by atoms with E-state index in [2.05, 4.69) is 9.62 Å². The summed E-state index contributed by atoms with van der Waals surface area (Å²) in [4.78, 5) is 1.98. The van der Waals surface area contributed by atoms with Gasteiger partial charge in [0.1, 0.15) is 5.82 Å². The summed E-state index contributed by atoms with van der Waals surface area (Å²) in [5.74, 6) is -0.380. The van der Waals surface area contributed by atoms with E-state index in [1.165, 1.54) is 6.07 Å². The summed E-state index contributed by atoms with van der Waals surface area (Å²) in [6.07, 6.45) is 2.02. The molecule has 2 N–H and O–H groups in total. The van der Waals surface area contributed by atoms with Crippen LogP contribution in [0.15, 0.2) is 23.1 Å². The predicted molar refractivity (Wildman–Crippen MR) is 77.7 cm³/mol. The number of hydrogen-bond donors (Lipinski definition) is 2. The summed E-state index contributed by atoms with van der Waals surface area (Å²) in [6, 6.07) is 3.37. The van der Waals surface area contributed by atoms with Crippen LogP contribution >= 0.6 is 0 Å². The molecule has 1 unspecified atom stereocenters. The minimum atomic E-state index is -3.81. The number of aliphatic hydroxyl groups is 1. The summed E-state index contributed by atoms with van der Waals surface area (Å²) in [5, 5.41) is 9.20. The van der Waals surface area contributed by atoms with Crippen LogP contribution in [-0.4, -0.2) is 45.1 Å². The second kappa shape index (κ2) is 6.83. The molecule has 0 radical (unpaired) electrons. The Labute approximate surface area is 124 Å². The molecule has 0 spiro atoms. The van der Waals surface area contributed by atoms with Gasteiger partial charge in [0.25, 0.3) is 0 Å². The zero-order valence-electron chi connectivity index (χ0n) is 12.0. The third-order valence-corrected chi connectivity index (χ3v) is 5.28. The molecule has 1 saturated heterocycles. The lowest BCUT2D eigenvalue weighted by Gasteiger charge is -2.29. The molecular formula is C14H21FN2O3S. The summed E-state index contributed by atoms with van der Waals surface area (Å²) < 4.78 is 40.4. The molecule has 1 aliphatic rings. The Morgan fingerprint density at radius 1 is 1.48 bits per heavy atom. The zero-order chi connectivity index (χ0) is 15.5. The molecule has 1 aliphatic heterocycles. The normalized spacial score (nSPS) is 20.6. The topological polar surface area (TPSA) is 69.6 Å². The summed E-state index contributed by atoms with van der Waals surface area (Å²) in [5.41, 5.74) is 0.199. The van der Waals surface area contributed by atoms with Gasteiger partial charge < -0.3 is 10.0 Å². The number of benzene rings is 1. The number of aliphatic hydroxyl groups excluding tert-OH is 1. The fraction of sp³-hybridized carbons (Fsp3) is 0.571. The highest BCUT2D eigenvalue weighted by atomic mass is 32.2. The van der Waals surface area contributed by atoms with Crippen molar-refractivity contribution in [3.8, 4) is 0 Å². The maximum Gasteiger partial charge on any atom is 0.241 e. The van der Waals surface area contributed by atoms with Crippen LogP contribution < -0.4 is 4.72 Å². The van der Waals surface area contributed by atoms with Crippen molar-refractivity contribution in [2.75, 3.05) is 26.7 Å². The van der Waals surface area contributed by atoms with E-state index in [0.29, 0.717) is 6.54 Å². The number of sulfonamides is 1. The molecule has 5 nitrogen and oxygen atoms in total. The summed E-state index contributed by atoms with van der Waals surface area (Å²) >= 11 is 0. The third-order valence-electron chi connectivity index (χ3n) is 3.77. The van der Waals surface area contributed by atoms with E-state index in [1.54, 1.807) is 0 Å². The van der Waals surface area contributed by atoms with Crippen molar-refractivity contribution >= 4 is 10.0 Å². The number of likely N-dealkylation sites (tertiary alicyclic amines) is 1. The van der Waals surface area contributed by atoms with Gasteiger partial charge in [0.15, 0.2) is 0 Å². The average Bonchev–Trinajstić information content (AvgIpc) is 2.45. The van der Waals surface area contributed by atoms with E-state index < -0.39 is 22.4 Å². The number of nitrogens with one attached hydrogen (secondary N) is 1. The first-order valence-corrected chi connectivity index (χ1v) is 8.48. The molecule has 118 valence electrons. The Bertz CT molecular complexity index is 592. The van der Waals surface area contributed by atoms with Gasteiger partial charge in [-0.15, -0.1) is 0 Å². The second-order valence-electron chi connectivity index (χ2n) is 5.53. The molecule has 0 saturated carbocycles. The van der Waals surface area contributed by atoms with E-state index >= 15 is 0 Å². The largest absolute Gasteiger partial charge is 0.392 e. The van der Waals surface area contributed by atoms with Crippen molar-refractivity contribution in [2.45, 2.75) is 24.3 Å². The highest BCUT2D eigenvalue weighted by molar-refractivity contribution is 7.89. The van der Waals surface area contributed by atoms with Crippen LogP contribution in [0.5, 0.6) is 0 Å². The molecule has 1 aromatic carbocycles. The lowest BCUT2D eigenvalue weighted by molar-refractivity contribution is 0.211. The Balaban J connectivity index is 2.09. The maximum atomic E-state index is 13.3.